The van der Waals surface area contributed by atoms with Crippen LogP contribution in [0.25, 0.3) is 0 Å². The Morgan fingerprint density at radius 2 is 2.21 bits per heavy atom. The molecule has 19 heavy (non-hydrogen) atoms. The fraction of sp³-hybridized carbons (Fsp3) is 0.500. The lowest BCUT2D eigenvalue weighted by atomic mass is 10.1. The highest BCUT2D eigenvalue weighted by Gasteiger charge is 2.11. The normalized spacial score (nSPS) is 11.9. The zero-order valence-corrected chi connectivity index (χ0v) is 11.7. The molecule has 3 N–H and O–H groups in total. The molecular weight excluding hydrogens is 244 g/mol. The van der Waals surface area contributed by atoms with Crippen LogP contribution in [0, 0.1) is 0 Å². The number of nitrogens with one attached hydrogen (secondary N) is 1. The summed E-state index contributed by atoms with van der Waals surface area (Å²) in [6, 6.07) is 5.78. The lowest BCUT2D eigenvalue weighted by Crippen LogP contribution is -2.30. The van der Waals surface area contributed by atoms with Gasteiger partial charge in [-0.2, -0.15) is 0 Å². The van der Waals surface area contributed by atoms with E-state index in [1.807, 2.05) is 32.0 Å². The van der Waals surface area contributed by atoms with Crippen LogP contribution >= 0.6 is 0 Å². The fourth-order valence-corrected chi connectivity index (χ4v) is 1.86. The predicted octanol–water partition coefficient (Wildman–Crippen LogP) is 1.45. The molecule has 1 aromatic rings. The quantitative estimate of drug-likeness (QED) is 0.747. The average molecular weight is 266 g/mol. The molecule has 1 aromatic carbocycles. The number of carbonyl (C=O) groups excluding carboxylic acids is 1. The monoisotopic (exact) mass is 266 g/mol. The number of hydrogen-bond donors (Lipinski definition) is 2. The number of para-hydroxylation sites is 1. The summed E-state index contributed by atoms with van der Waals surface area (Å²) < 4.78 is 10.9. The van der Waals surface area contributed by atoms with Gasteiger partial charge in [-0.25, -0.2) is 0 Å². The Labute approximate surface area is 114 Å². The van der Waals surface area contributed by atoms with E-state index in [2.05, 4.69) is 5.32 Å². The summed E-state index contributed by atoms with van der Waals surface area (Å²) in [7, 11) is 1.62. The standard InChI is InChI=1S/C14H22N2O3/c1-4-19-12-7-5-6-11(14(12)18-3)9-16-10(2)8-13(15)17/h5-7,10,16H,4,8-9H2,1-3H3,(H2,15,17). The third-order valence-electron chi connectivity index (χ3n) is 2.71. The zero-order chi connectivity index (χ0) is 14.3. The molecule has 0 fully saturated rings. The van der Waals surface area contributed by atoms with E-state index < -0.39 is 0 Å². The van der Waals surface area contributed by atoms with Crippen molar-refractivity contribution in [3.8, 4) is 11.5 Å². The van der Waals surface area contributed by atoms with Gasteiger partial charge in [-0.05, 0) is 19.9 Å². The first-order chi connectivity index (χ1) is 9.08. The van der Waals surface area contributed by atoms with E-state index in [0.29, 0.717) is 19.6 Å². The Morgan fingerprint density at radius 3 is 2.79 bits per heavy atom. The highest BCUT2D eigenvalue weighted by Crippen LogP contribution is 2.30. The van der Waals surface area contributed by atoms with E-state index in [1.54, 1.807) is 7.11 Å². The topological polar surface area (TPSA) is 73.6 Å². The number of primary amides is 1. The summed E-state index contributed by atoms with van der Waals surface area (Å²) in [5, 5.41) is 3.24. The molecule has 5 nitrogen and oxygen atoms in total. The SMILES string of the molecule is CCOc1cccc(CNC(C)CC(N)=O)c1OC. The van der Waals surface area contributed by atoms with Crippen LogP contribution in [0.3, 0.4) is 0 Å². The van der Waals surface area contributed by atoms with Gasteiger partial charge in [0.05, 0.1) is 13.7 Å². The van der Waals surface area contributed by atoms with Crippen molar-refractivity contribution in [3.05, 3.63) is 23.8 Å². The molecule has 0 aliphatic heterocycles. The minimum absolute atomic E-state index is 0.0259. The molecule has 1 rings (SSSR count). The van der Waals surface area contributed by atoms with E-state index in [9.17, 15) is 4.79 Å². The van der Waals surface area contributed by atoms with Crippen LogP contribution in [0.15, 0.2) is 18.2 Å². The van der Waals surface area contributed by atoms with Gasteiger partial charge in [0.1, 0.15) is 0 Å². The molecule has 5 heteroatoms. The molecule has 1 unspecified atom stereocenters. The van der Waals surface area contributed by atoms with Gasteiger partial charge in [-0.1, -0.05) is 12.1 Å². The predicted molar refractivity (Wildman–Crippen MR) is 74.3 cm³/mol. The van der Waals surface area contributed by atoms with Crippen LogP contribution in [0.4, 0.5) is 0 Å². The number of methoxy groups -OCH3 is 1. The number of nitrogens with two attached hydrogens (primary N) is 1. The minimum atomic E-state index is -0.310. The van der Waals surface area contributed by atoms with Gasteiger partial charge in [-0.15, -0.1) is 0 Å². The van der Waals surface area contributed by atoms with Crippen LogP contribution in [0.1, 0.15) is 25.8 Å². The Morgan fingerprint density at radius 1 is 1.47 bits per heavy atom. The maximum atomic E-state index is 10.8. The van der Waals surface area contributed by atoms with E-state index in [1.165, 1.54) is 0 Å². The first kappa shape index (κ1) is 15.3. The molecule has 0 aliphatic carbocycles. The second kappa shape index (κ2) is 7.63. The molecule has 0 aliphatic rings. The highest BCUT2D eigenvalue weighted by molar-refractivity contribution is 5.74. The minimum Gasteiger partial charge on any atom is -0.493 e. The van der Waals surface area contributed by atoms with Gasteiger partial charge in [-0.3, -0.25) is 4.79 Å². The fourth-order valence-electron chi connectivity index (χ4n) is 1.86. The Hall–Kier alpha value is -1.75. The maximum Gasteiger partial charge on any atom is 0.218 e. The van der Waals surface area contributed by atoms with Gasteiger partial charge in [0.15, 0.2) is 11.5 Å². The molecule has 0 radical (unpaired) electrons. The summed E-state index contributed by atoms with van der Waals surface area (Å²) in [6.07, 6.45) is 0.313. The summed E-state index contributed by atoms with van der Waals surface area (Å²) in [5.74, 6) is 1.14. The zero-order valence-electron chi connectivity index (χ0n) is 11.7. The van der Waals surface area contributed by atoms with Gasteiger partial charge in [0, 0.05) is 24.6 Å². The molecule has 0 heterocycles. The molecular formula is C14H22N2O3. The van der Waals surface area contributed by atoms with Gasteiger partial charge >= 0.3 is 0 Å². The Bertz CT molecular complexity index is 421. The van der Waals surface area contributed by atoms with Crippen LogP contribution < -0.4 is 20.5 Å². The third-order valence-corrected chi connectivity index (χ3v) is 2.71. The molecule has 0 saturated heterocycles. The number of benzene rings is 1. The van der Waals surface area contributed by atoms with E-state index in [4.69, 9.17) is 15.2 Å². The third kappa shape index (κ3) is 4.79. The second-order valence-electron chi connectivity index (χ2n) is 4.33. The largest absolute Gasteiger partial charge is 0.493 e. The van der Waals surface area contributed by atoms with Crippen LogP contribution in [0.5, 0.6) is 11.5 Å². The molecule has 0 aromatic heterocycles. The van der Waals surface area contributed by atoms with Crippen LogP contribution in [-0.4, -0.2) is 25.7 Å². The van der Waals surface area contributed by atoms with Crippen molar-refractivity contribution in [3.63, 3.8) is 0 Å². The number of ether oxygens (including phenoxy) is 2. The lowest BCUT2D eigenvalue weighted by Gasteiger charge is -2.16. The molecule has 0 saturated carbocycles. The molecule has 106 valence electrons. The van der Waals surface area contributed by atoms with Crippen molar-refractivity contribution in [2.75, 3.05) is 13.7 Å². The highest BCUT2D eigenvalue weighted by atomic mass is 16.5. The lowest BCUT2D eigenvalue weighted by molar-refractivity contribution is -0.118. The number of hydrogen-bond acceptors (Lipinski definition) is 4. The van der Waals surface area contributed by atoms with Crippen molar-refractivity contribution in [1.29, 1.82) is 0 Å². The molecule has 1 amide bonds. The second-order valence-corrected chi connectivity index (χ2v) is 4.33. The molecule has 1 atom stereocenters. The van der Waals surface area contributed by atoms with Gasteiger partial charge in [0.25, 0.3) is 0 Å². The van der Waals surface area contributed by atoms with Crippen molar-refractivity contribution in [2.24, 2.45) is 5.73 Å². The van der Waals surface area contributed by atoms with Crippen molar-refractivity contribution < 1.29 is 14.3 Å². The smallest absolute Gasteiger partial charge is 0.218 e. The summed E-state index contributed by atoms with van der Waals surface area (Å²) in [6.45, 7) is 5.03. The van der Waals surface area contributed by atoms with E-state index >= 15 is 0 Å². The number of carbonyl (C=O) groups is 1. The maximum absolute atomic E-state index is 10.8. The summed E-state index contributed by atoms with van der Waals surface area (Å²) in [4.78, 5) is 10.8. The summed E-state index contributed by atoms with van der Waals surface area (Å²) >= 11 is 0. The average Bonchev–Trinajstić information content (AvgIpc) is 2.36. The van der Waals surface area contributed by atoms with Crippen molar-refractivity contribution in [1.82, 2.24) is 5.32 Å². The first-order valence-corrected chi connectivity index (χ1v) is 6.38. The van der Waals surface area contributed by atoms with Gasteiger partial charge < -0.3 is 20.5 Å². The van der Waals surface area contributed by atoms with Crippen molar-refractivity contribution in [2.45, 2.75) is 32.9 Å². The molecule has 0 spiro atoms. The van der Waals surface area contributed by atoms with Crippen LogP contribution in [0.2, 0.25) is 0 Å². The van der Waals surface area contributed by atoms with E-state index in [0.717, 1.165) is 17.1 Å². The van der Waals surface area contributed by atoms with Crippen molar-refractivity contribution >= 4 is 5.91 Å². The van der Waals surface area contributed by atoms with Crippen LogP contribution in [-0.2, 0) is 11.3 Å². The van der Waals surface area contributed by atoms with E-state index in [-0.39, 0.29) is 11.9 Å². The first-order valence-electron chi connectivity index (χ1n) is 6.38. The molecule has 0 bridgehead atoms. The van der Waals surface area contributed by atoms with Gasteiger partial charge in [0.2, 0.25) is 5.91 Å². The number of rotatable bonds is 8. The Kier molecular flexibility index (Phi) is 6.15. The number of amides is 1. The Balaban J connectivity index is 2.72. The summed E-state index contributed by atoms with van der Waals surface area (Å²) in [5.41, 5.74) is 6.15.